The zero-order valence-electron chi connectivity index (χ0n) is 11.9. The second kappa shape index (κ2) is 6.43. The van der Waals surface area contributed by atoms with E-state index in [1.165, 1.54) is 30.3 Å². The fraction of sp³-hybridized carbons (Fsp3) is 0. The van der Waals surface area contributed by atoms with E-state index >= 15 is 0 Å². The molecule has 0 saturated carbocycles. The van der Waals surface area contributed by atoms with Crippen LogP contribution >= 0.6 is 23.2 Å². The van der Waals surface area contributed by atoms with Crippen molar-refractivity contribution in [2.24, 2.45) is 4.99 Å². The SMILES string of the molecule is O=C1OC(c2ccc(Cl)c(Cl)c2)=N/C1=C/c1ccccc1[N+](=O)[O-]. The van der Waals surface area contributed by atoms with Crippen molar-refractivity contribution in [2.45, 2.75) is 0 Å². The second-order valence-electron chi connectivity index (χ2n) is 4.78. The van der Waals surface area contributed by atoms with Crippen molar-refractivity contribution in [2.75, 3.05) is 0 Å². The molecule has 24 heavy (non-hydrogen) atoms. The lowest BCUT2D eigenvalue weighted by atomic mass is 10.1. The maximum absolute atomic E-state index is 12.0. The maximum Gasteiger partial charge on any atom is 0.363 e. The molecule has 0 N–H and O–H groups in total. The van der Waals surface area contributed by atoms with Crippen LogP contribution in [0.25, 0.3) is 6.08 Å². The third kappa shape index (κ3) is 3.15. The van der Waals surface area contributed by atoms with E-state index in [1.807, 2.05) is 0 Å². The van der Waals surface area contributed by atoms with E-state index < -0.39 is 10.9 Å². The van der Waals surface area contributed by atoms with Crippen LogP contribution in [0.5, 0.6) is 0 Å². The van der Waals surface area contributed by atoms with Crippen LogP contribution < -0.4 is 0 Å². The van der Waals surface area contributed by atoms with Crippen LogP contribution in [0.4, 0.5) is 5.69 Å². The van der Waals surface area contributed by atoms with Gasteiger partial charge in [-0.1, -0.05) is 35.3 Å². The number of hydrogen-bond acceptors (Lipinski definition) is 5. The summed E-state index contributed by atoms with van der Waals surface area (Å²) in [7, 11) is 0. The van der Waals surface area contributed by atoms with Crippen LogP contribution in [0.2, 0.25) is 10.0 Å². The summed E-state index contributed by atoms with van der Waals surface area (Å²) in [6, 6.07) is 10.7. The van der Waals surface area contributed by atoms with Crippen molar-refractivity contribution in [1.82, 2.24) is 0 Å². The van der Waals surface area contributed by atoms with Crippen LogP contribution in [0.3, 0.4) is 0 Å². The molecule has 0 radical (unpaired) electrons. The zero-order chi connectivity index (χ0) is 17.3. The van der Waals surface area contributed by atoms with Gasteiger partial charge in [-0.15, -0.1) is 0 Å². The molecule has 0 aromatic heterocycles. The Morgan fingerprint density at radius 3 is 2.58 bits per heavy atom. The molecule has 0 spiro atoms. The summed E-state index contributed by atoms with van der Waals surface area (Å²) >= 11 is 11.8. The molecule has 1 aliphatic rings. The molecule has 1 heterocycles. The van der Waals surface area contributed by atoms with E-state index in [4.69, 9.17) is 27.9 Å². The highest BCUT2D eigenvalue weighted by Gasteiger charge is 2.25. The van der Waals surface area contributed by atoms with Gasteiger partial charge in [0.2, 0.25) is 5.90 Å². The number of aliphatic imine (C=N–C) groups is 1. The second-order valence-corrected chi connectivity index (χ2v) is 5.60. The summed E-state index contributed by atoms with van der Waals surface area (Å²) in [5, 5.41) is 11.7. The highest BCUT2D eigenvalue weighted by atomic mass is 35.5. The quantitative estimate of drug-likeness (QED) is 0.353. The van der Waals surface area contributed by atoms with Crippen LogP contribution in [-0.4, -0.2) is 16.8 Å². The molecule has 2 aromatic rings. The van der Waals surface area contributed by atoms with Gasteiger partial charge in [0.1, 0.15) is 0 Å². The Hall–Kier alpha value is -2.70. The summed E-state index contributed by atoms with van der Waals surface area (Å²) in [5.41, 5.74) is 0.568. The number of hydrogen-bond donors (Lipinski definition) is 0. The minimum atomic E-state index is -0.700. The molecule has 0 amide bonds. The molecule has 0 saturated heterocycles. The molecule has 0 bridgehead atoms. The van der Waals surface area contributed by atoms with Crippen molar-refractivity contribution < 1.29 is 14.5 Å². The zero-order valence-corrected chi connectivity index (χ0v) is 13.4. The lowest BCUT2D eigenvalue weighted by molar-refractivity contribution is -0.385. The van der Waals surface area contributed by atoms with Crippen molar-refractivity contribution in [3.8, 4) is 0 Å². The van der Waals surface area contributed by atoms with Gasteiger partial charge < -0.3 is 4.74 Å². The van der Waals surface area contributed by atoms with Crippen molar-refractivity contribution >= 4 is 46.8 Å². The summed E-state index contributed by atoms with van der Waals surface area (Å²) < 4.78 is 5.10. The van der Waals surface area contributed by atoms with Crippen molar-refractivity contribution in [1.29, 1.82) is 0 Å². The van der Waals surface area contributed by atoms with Gasteiger partial charge in [0.15, 0.2) is 5.70 Å². The number of nitro groups is 1. The van der Waals surface area contributed by atoms with Gasteiger partial charge in [-0.2, -0.15) is 0 Å². The molecule has 0 atom stereocenters. The van der Waals surface area contributed by atoms with Gasteiger partial charge in [-0.3, -0.25) is 10.1 Å². The van der Waals surface area contributed by atoms with E-state index in [-0.39, 0.29) is 22.8 Å². The first-order chi connectivity index (χ1) is 11.5. The largest absolute Gasteiger partial charge is 0.402 e. The van der Waals surface area contributed by atoms with E-state index in [0.29, 0.717) is 15.6 Å². The van der Waals surface area contributed by atoms with Crippen LogP contribution in [0, 0.1) is 10.1 Å². The number of carbonyl (C=O) groups excluding carboxylic acids is 1. The molecule has 120 valence electrons. The first-order valence-corrected chi connectivity index (χ1v) is 7.42. The lowest BCUT2D eigenvalue weighted by Crippen LogP contribution is -2.05. The van der Waals surface area contributed by atoms with E-state index in [1.54, 1.807) is 18.2 Å². The third-order valence-corrected chi connectivity index (χ3v) is 3.95. The van der Waals surface area contributed by atoms with Gasteiger partial charge in [0.05, 0.1) is 20.5 Å². The molecule has 3 rings (SSSR count). The van der Waals surface area contributed by atoms with Crippen molar-refractivity contribution in [3.05, 3.63) is 79.4 Å². The summed E-state index contributed by atoms with van der Waals surface area (Å²) in [6.07, 6.45) is 1.31. The van der Waals surface area contributed by atoms with E-state index in [0.717, 1.165) is 0 Å². The number of rotatable bonds is 3. The fourth-order valence-electron chi connectivity index (χ4n) is 2.08. The minimum absolute atomic E-state index is 0.0367. The molecule has 0 aliphatic carbocycles. The Morgan fingerprint density at radius 2 is 1.88 bits per heavy atom. The number of cyclic esters (lactones) is 1. The molecule has 0 fully saturated rings. The number of benzene rings is 2. The standard InChI is InChI=1S/C16H8Cl2N2O4/c17-11-6-5-10(7-12(11)18)15-19-13(16(21)24-15)8-9-3-1-2-4-14(9)20(22)23/h1-8H/b13-8+. The van der Waals surface area contributed by atoms with E-state index in [2.05, 4.69) is 4.99 Å². The lowest BCUT2D eigenvalue weighted by Gasteiger charge is -2.01. The maximum atomic E-state index is 12.0. The number of ether oxygens (including phenoxy) is 1. The summed E-state index contributed by atoms with van der Waals surface area (Å²) in [4.78, 5) is 26.5. The molecule has 0 unspecified atom stereocenters. The van der Waals surface area contributed by atoms with Gasteiger partial charge in [0, 0.05) is 11.6 Å². The molecule has 1 aliphatic heterocycles. The first kappa shape index (κ1) is 16.2. The predicted octanol–water partition coefficient (Wildman–Crippen LogP) is 4.25. The van der Waals surface area contributed by atoms with Gasteiger partial charge in [0.25, 0.3) is 5.69 Å². The smallest absolute Gasteiger partial charge is 0.363 e. The van der Waals surface area contributed by atoms with Crippen LogP contribution in [0.15, 0.2) is 53.2 Å². The first-order valence-electron chi connectivity index (χ1n) is 6.67. The molecular weight excluding hydrogens is 355 g/mol. The Balaban J connectivity index is 2.00. The van der Waals surface area contributed by atoms with Gasteiger partial charge in [-0.05, 0) is 30.3 Å². The Bertz CT molecular complexity index is 922. The average Bonchev–Trinajstić information content (AvgIpc) is 2.91. The fourth-order valence-corrected chi connectivity index (χ4v) is 2.38. The summed E-state index contributed by atoms with van der Waals surface area (Å²) in [6.45, 7) is 0. The molecule has 8 heteroatoms. The van der Waals surface area contributed by atoms with E-state index in [9.17, 15) is 14.9 Å². The topological polar surface area (TPSA) is 81.8 Å². The van der Waals surface area contributed by atoms with Gasteiger partial charge >= 0.3 is 5.97 Å². The highest BCUT2D eigenvalue weighted by molar-refractivity contribution is 6.42. The number of para-hydroxylation sites is 1. The average molecular weight is 363 g/mol. The predicted molar refractivity (Wildman–Crippen MR) is 90.2 cm³/mol. The normalized spacial score (nSPS) is 15.3. The van der Waals surface area contributed by atoms with Crippen LogP contribution in [-0.2, 0) is 9.53 Å². The van der Waals surface area contributed by atoms with Crippen LogP contribution in [0.1, 0.15) is 11.1 Å². The molecule has 6 nitrogen and oxygen atoms in total. The monoisotopic (exact) mass is 362 g/mol. The minimum Gasteiger partial charge on any atom is -0.402 e. The number of esters is 1. The Morgan fingerprint density at radius 1 is 1.12 bits per heavy atom. The molecule has 2 aromatic carbocycles. The number of nitro benzene ring substituents is 1. The highest BCUT2D eigenvalue weighted by Crippen LogP contribution is 2.27. The Labute approximate surface area is 146 Å². The molecular formula is C16H8Cl2N2O4. The van der Waals surface area contributed by atoms with Gasteiger partial charge in [-0.25, -0.2) is 9.79 Å². The Kier molecular flexibility index (Phi) is 4.33. The number of halogens is 2. The summed E-state index contributed by atoms with van der Waals surface area (Å²) in [5.74, 6) is -0.641. The third-order valence-electron chi connectivity index (χ3n) is 3.21. The number of nitrogens with zero attached hydrogens (tertiary/aromatic N) is 2. The van der Waals surface area contributed by atoms with Crippen molar-refractivity contribution in [3.63, 3.8) is 0 Å². The number of carbonyl (C=O) groups is 1.